The third-order valence-electron chi connectivity index (χ3n) is 3.85. The second-order valence-corrected chi connectivity index (χ2v) is 7.80. The predicted octanol–water partition coefficient (Wildman–Crippen LogP) is 3.61. The summed E-state index contributed by atoms with van der Waals surface area (Å²) in [5.41, 5.74) is 0.203. The van der Waals surface area contributed by atoms with Gasteiger partial charge >= 0.3 is 6.09 Å². The SMILES string of the molecule is CN(CC1CCCCN1C(=O)OC(C)(C)C)C(=O)c1ccsc1. The highest BCUT2D eigenvalue weighted by Gasteiger charge is 2.31. The van der Waals surface area contributed by atoms with E-state index in [0.29, 0.717) is 18.7 Å². The molecule has 1 unspecified atom stereocenters. The molecule has 0 bridgehead atoms. The summed E-state index contributed by atoms with van der Waals surface area (Å²) < 4.78 is 5.51. The molecule has 0 aliphatic carbocycles. The second kappa shape index (κ2) is 7.34. The van der Waals surface area contributed by atoms with Gasteiger partial charge in [0.2, 0.25) is 0 Å². The number of nitrogens with zero attached hydrogens (tertiary/aromatic N) is 2. The van der Waals surface area contributed by atoms with Crippen molar-refractivity contribution >= 4 is 23.3 Å². The van der Waals surface area contributed by atoms with Gasteiger partial charge in [-0.2, -0.15) is 11.3 Å². The van der Waals surface area contributed by atoms with Crippen molar-refractivity contribution in [3.8, 4) is 0 Å². The first kappa shape index (κ1) is 17.8. The normalized spacial score (nSPS) is 18.6. The van der Waals surface area contributed by atoms with Gasteiger partial charge in [0, 0.05) is 25.5 Å². The van der Waals surface area contributed by atoms with Crippen LogP contribution in [-0.4, -0.2) is 53.6 Å². The molecule has 1 aliphatic heterocycles. The van der Waals surface area contributed by atoms with Gasteiger partial charge in [0.1, 0.15) is 5.60 Å². The Morgan fingerprint density at radius 3 is 2.74 bits per heavy atom. The average molecular weight is 338 g/mol. The number of thiophene rings is 1. The van der Waals surface area contributed by atoms with Crippen LogP contribution in [0.5, 0.6) is 0 Å². The van der Waals surface area contributed by atoms with Crippen molar-refractivity contribution in [1.29, 1.82) is 0 Å². The second-order valence-electron chi connectivity index (χ2n) is 7.02. The molecule has 2 heterocycles. The number of rotatable bonds is 3. The van der Waals surface area contributed by atoms with E-state index in [1.54, 1.807) is 16.8 Å². The van der Waals surface area contributed by atoms with Crippen LogP contribution in [0.3, 0.4) is 0 Å². The molecular weight excluding hydrogens is 312 g/mol. The van der Waals surface area contributed by atoms with Crippen molar-refractivity contribution in [2.75, 3.05) is 20.1 Å². The summed E-state index contributed by atoms with van der Waals surface area (Å²) in [7, 11) is 1.79. The Morgan fingerprint density at radius 2 is 2.13 bits per heavy atom. The Bertz CT molecular complexity index is 537. The van der Waals surface area contributed by atoms with Gasteiger partial charge in [0.05, 0.1) is 11.6 Å². The van der Waals surface area contributed by atoms with E-state index in [-0.39, 0.29) is 18.0 Å². The third-order valence-corrected chi connectivity index (χ3v) is 4.54. The first-order chi connectivity index (χ1) is 10.8. The fraction of sp³-hybridized carbons (Fsp3) is 0.647. The summed E-state index contributed by atoms with van der Waals surface area (Å²) in [5, 5.41) is 3.75. The highest BCUT2D eigenvalue weighted by molar-refractivity contribution is 7.08. The summed E-state index contributed by atoms with van der Waals surface area (Å²) in [5.74, 6) is 0.000891. The van der Waals surface area contributed by atoms with E-state index < -0.39 is 5.60 Å². The fourth-order valence-corrected chi connectivity index (χ4v) is 3.39. The number of ether oxygens (including phenoxy) is 1. The summed E-state index contributed by atoms with van der Waals surface area (Å²) in [6, 6.07) is 1.85. The maximum atomic E-state index is 12.4. The molecule has 0 spiro atoms. The Kier molecular flexibility index (Phi) is 5.68. The van der Waals surface area contributed by atoms with Crippen LogP contribution >= 0.6 is 11.3 Å². The minimum Gasteiger partial charge on any atom is -0.444 e. The van der Waals surface area contributed by atoms with Gasteiger partial charge in [0.15, 0.2) is 0 Å². The van der Waals surface area contributed by atoms with Crippen LogP contribution in [0.1, 0.15) is 50.4 Å². The molecule has 1 saturated heterocycles. The van der Waals surface area contributed by atoms with Crippen molar-refractivity contribution in [1.82, 2.24) is 9.80 Å². The summed E-state index contributed by atoms with van der Waals surface area (Å²) in [6.07, 6.45) is 2.68. The van der Waals surface area contributed by atoms with E-state index in [1.807, 2.05) is 37.6 Å². The minimum atomic E-state index is -0.503. The van der Waals surface area contributed by atoms with Crippen LogP contribution in [0.4, 0.5) is 4.79 Å². The van der Waals surface area contributed by atoms with Crippen molar-refractivity contribution in [2.45, 2.75) is 51.7 Å². The highest BCUT2D eigenvalue weighted by atomic mass is 32.1. The van der Waals surface area contributed by atoms with Crippen LogP contribution in [0.25, 0.3) is 0 Å². The van der Waals surface area contributed by atoms with E-state index in [9.17, 15) is 9.59 Å². The van der Waals surface area contributed by atoms with E-state index in [4.69, 9.17) is 4.74 Å². The molecule has 6 heteroatoms. The molecule has 23 heavy (non-hydrogen) atoms. The lowest BCUT2D eigenvalue weighted by Gasteiger charge is -2.38. The van der Waals surface area contributed by atoms with Crippen molar-refractivity contribution in [3.63, 3.8) is 0 Å². The number of hydrogen-bond acceptors (Lipinski definition) is 4. The summed E-state index contributed by atoms with van der Waals surface area (Å²) in [4.78, 5) is 28.3. The molecule has 0 saturated carbocycles. The number of hydrogen-bond donors (Lipinski definition) is 0. The van der Waals surface area contributed by atoms with E-state index in [2.05, 4.69) is 0 Å². The molecule has 0 radical (unpaired) electrons. The lowest BCUT2D eigenvalue weighted by molar-refractivity contribution is 0.00605. The zero-order valence-electron chi connectivity index (χ0n) is 14.4. The Labute approximate surface area is 142 Å². The van der Waals surface area contributed by atoms with Crippen LogP contribution in [-0.2, 0) is 4.74 Å². The summed E-state index contributed by atoms with van der Waals surface area (Å²) >= 11 is 1.51. The van der Waals surface area contributed by atoms with Gasteiger partial charge in [-0.25, -0.2) is 4.79 Å². The topological polar surface area (TPSA) is 49.9 Å². The first-order valence-electron chi connectivity index (χ1n) is 8.05. The molecule has 128 valence electrons. The average Bonchev–Trinajstić information content (AvgIpc) is 2.99. The third kappa shape index (κ3) is 4.96. The van der Waals surface area contributed by atoms with Crippen LogP contribution < -0.4 is 0 Å². The number of likely N-dealkylation sites (tertiary alicyclic amines) is 1. The minimum absolute atomic E-state index is 0.000891. The molecule has 2 rings (SSSR count). The summed E-state index contributed by atoms with van der Waals surface area (Å²) in [6.45, 7) is 6.84. The van der Waals surface area contributed by atoms with E-state index >= 15 is 0 Å². The van der Waals surface area contributed by atoms with Gasteiger partial charge in [0.25, 0.3) is 5.91 Å². The van der Waals surface area contributed by atoms with Crippen molar-refractivity contribution in [3.05, 3.63) is 22.4 Å². The molecule has 0 N–H and O–H groups in total. The van der Waals surface area contributed by atoms with Crippen LogP contribution in [0, 0.1) is 0 Å². The van der Waals surface area contributed by atoms with Gasteiger partial charge in [-0.3, -0.25) is 4.79 Å². The highest BCUT2D eigenvalue weighted by Crippen LogP contribution is 2.21. The standard InChI is InChI=1S/C17H26N2O3S/c1-17(2,3)22-16(21)19-9-6-5-7-14(19)11-18(4)15(20)13-8-10-23-12-13/h8,10,12,14H,5-7,9,11H2,1-4H3. The van der Waals surface area contributed by atoms with Gasteiger partial charge in [-0.1, -0.05) is 0 Å². The quantitative estimate of drug-likeness (QED) is 0.846. The number of piperidine rings is 1. The lowest BCUT2D eigenvalue weighted by atomic mass is 10.0. The molecule has 1 fully saturated rings. The number of carbonyl (C=O) groups is 2. The van der Waals surface area contributed by atoms with Gasteiger partial charge in [-0.05, 0) is 51.5 Å². The fourth-order valence-electron chi connectivity index (χ4n) is 2.76. The van der Waals surface area contributed by atoms with Gasteiger partial charge in [-0.15, -0.1) is 0 Å². The number of amides is 2. The first-order valence-corrected chi connectivity index (χ1v) is 8.99. The van der Waals surface area contributed by atoms with Crippen LogP contribution in [0.2, 0.25) is 0 Å². The molecule has 1 atom stereocenters. The van der Waals surface area contributed by atoms with Crippen LogP contribution in [0.15, 0.2) is 16.8 Å². The van der Waals surface area contributed by atoms with Gasteiger partial charge < -0.3 is 14.5 Å². The zero-order chi connectivity index (χ0) is 17.0. The maximum absolute atomic E-state index is 12.4. The molecule has 5 nitrogen and oxygen atoms in total. The number of likely N-dealkylation sites (N-methyl/N-ethyl adjacent to an activating group) is 1. The smallest absolute Gasteiger partial charge is 0.410 e. The zero-order valence-corrected chi connectivity index (χ0v) is 15.2. The predicted molar refractivity (Wildman–Crippen MR) is 91.9 cm³/mol. The Balaban J connectivity index is 2.00. The lowest BCUT2D eigenvalue weighted by Crippen LogP contribution is -2.51. The monoisotopic (exact) mass is 338 g/mol. The Hall–Kier alpha value is -1.56. The molecule has 0 aromatic carbocycles. The molecule has 1 aliphatic rings. The largest absolute Gasteiger partial charge is 0.444 e. The molecule has 1 aromatic heterocycles. The number of carbonyl (C=O) groups excluding carboxylic acids is 2. The Morgan fingerprint density at radius 1 is 1.39 bits per heavy atom. The molecule has 1 aromatic rings. The molecule has 2 amide bonds. The maximum Gasteiger partial charge on any atom is 0.410 e. The molecular formula is C17H26N2O3S. The van der Waals surface area contributed by atoms with Crippen molar-refractivity contribution < 1.29 is 14.3 Å². The van der Waals surface area contributed by atoms with Crippen molar-refractivity contribution in [2.24, 2.45) is 0 Å². The van der Waals surface area contributed by atoms with E-state index in [0.717, 1.165) is 19.3 Å². The van der Waals surface area contributed by atoms with E-state index in [1.165, 1.54) is 11.3 Å².